The first kappa shape index (κ1) is 22.8. The van der Waals surface area contributed by atoms with Crippen LogP contribution in [0.25, 0.3) is 31.3 Å². The number of fused-ring (bicyclic) bond motifs is 5. The number of hydrogen-bond acceptors (Lipinski definition) is 6. The number of nitrogens with zero attached hydrogens (tertiary/aromatic N) is 2. The summed E-state index contributed by atoms with van der Waals surface area (Å²) in [5, 5.41) is 0. The molecule has 3 aliphatic rings. The van der Waals surface area contributed by atoms with Gasteiger partial charge >= 0.3 is 224 Å². The minimum atomic E-state index is -2.66. The summed E-state index contributed by atoms with van der Waals surface area (Å²) in [5.74, 6) is 3.71. The Bertz CT molecular complexity index is 1650. The average molecular weight is 585 g/mol. The predicted molar refractivity (Wildman–Crippen MR) is 148 cm³/mol. The van der Waals surface area contributed by atoms with Crippen LogP contribution >= 0.6 is 22.7 Å². The Morgan fingerprint density at radius 1 is 0.622 bits per heavy atom. The van der Waals surface area contributed by atoms with Crippen molar-refractivity contribution in [3.05, 3.63) is 70.8 Å². The summed E-state index contributed by atoms with van der Waals surface area (Å²) in [6, 6.07) is 15.4. The zero-order valence-corrected chi connectivity index (χ0v) is 24.2. The normalized spacial score (nSPS) is 17.0. The van der Waals surface area contributed by atoms with Crippen molar-refractivity contribution in [3.63, 3.8) is 0 Å². The molecular weight excluding hydrogens is 565 g/mol. The van der Waals surface area contributed by atoms with Gasteiger partial charge in [-0.2, -0.15) is 0 Å². The van der Waals surface area contributed by atoms with E-state index >= 15 is 0 Å². The SMILES string of the molecule is CN1C(=O)c2cccc(-c3c[c]4c(s3)-c3cc(-c5cccc6c5C(=O)N(C)C6=O)s[c]3[Ge]4([CH3])[CH3])c2C1=O. The Hall–Kier alpha value is -3.34. The molecule has 3 aliphatic heterocycles. The second-order valence-corrected chi connectivity index (χ2v) is 22.0. The van der Waals surface area contributed by atoms with Crippen molar-refractivity contribution >= 4 is 67.7 Å². The zero-order valence-electron chi connectivity index (χ0n) is 20.5. The molecule has 0 spiro atoms. The first-order valence-corrected chi connectivity index (χ1v) is 19.7. The molecule has 0 saturated carbocycles. The third kappa shape index (κ3) is 2.80. The summed E-state index contributed by atoms with van der Waals surface area (Å²) in [7, 11) is 3.05. The molecule has 5 heterocycles. The van der Waals surface area contributed by atoms with Crippen molar-refractivity contribution in [1.82, 2.24) is 9.80 Å². The van der Waals surface area contributed by atoms with Crippen LogP contribution in [-0.2, 0) is 0 Å². The van der Waals surface area contributed by atoms with Gasteiger partial charge in [-0.25, -0.2) is 0 Å². The van der Waals surface area contributed by atoms with Gasteiger partial charge in [0.1, 0.15) is 0 Å². The van der Waals surface area contributed by atoms with Crippen molar-refractivity contribution in [3.8, 4) is 31.3 Å². The molecular formula is C28H20GeN2O4S2. The third-order valence-corrected chi connectivity index (χ3v) is 20.2. The third-order valence-electron chi connectivity index (χ3n) is 7.72. The van der Waals surface area contributed by atoms with Gasteiger partial charge in [0.15, 0.2) is 0 Å². The van der Waals surface area contributed by atoms with Crippen molar-refractivity contribution < 1.29 is 19.2 Å². The second kappa shape index (κ2) is 7.37. The van der Waals surface area contributed by atoms with Crippen molar-refractivity contribution in [2.45, 2.75) is 11.5 Å². The summed E-state index contributed by atoms with van der Waals surface area (Å²) < 4.78 is 2.77. The van der Waals surface area contributed by atoms with Crippen LogP contribution in [0.15, 0.2) is 48.5 Å². The quantitative estimate of drug-likeness (QED) is 0.259. The molecule has 0 fully saturated rings. The number of carbonyl (C=O) groups excluding carboxylic acids is 4. The van der Waals surface area contributed by atoms with Gasteiger partial charge in [-0.15, -0.1) is 0 Å². The summed E-state index contributed by atoms with van der Waals surface area (Å²) in [6.07, 6.45) is 0. The van der Waals surface area contributed by atoms with E-state index in [1.54, 1.807) is 34.8 Å². The van der Waals surface area contributed by atoms with E-state index in [0.717, 1.165) is 20.9 Å². The van der Waals surface area contributed by atoms with Crippen LogP contribution in [-0.4, -0.2) is 60.8 Å². The van der Waals surface area contributed by atoms with Gasteiger partial charge in [0.05, 0.1) is 0 Å². The van der Waals surface area contributed by atoms with E-state index in [-0.39, 0.29) is 23.6 Å². The average Bonchev–Trinajstić information content (AvgIpc) is 3.66. The number of thiophene rings is 2. The fourth-order valence-corrected chi connectivity index (χ4v) is 17.9. The molecule has 0 bridgehead atoms. The van der Waals surface area contributed by atoms with Crippen LogP contribution in [0, 0.1) is 0 Å². The van der Waals surface area contributed by atoms with Crippen LogP contribution in [0.2, 0.25) is 11.5 Å². The molecule has 4 amide bonds. The van der Waals surface area contributed by atoms with E-state index in [1.165, 1.54) is 42.4 Å². The monoisotopic (exact) mass is 586 g/mol. The van der Waals surface area contributed by atoms with Gasteiger partial charge in [-0.05, 0) is 0 Å². The number of imide groups is 2. The first-order chi connectivity index (χ1) is 17.6. The van der Waals surface area contributed by atoms with Crippen LogP contribution in [0.4, 0.5) is 0 Å². The van der Waals surface area contributed by atoms with Crippen molar-refractivity contribution in [2.24, 2.45) is 0 Å². The number of carbonyl (C=O) groups is 4. The Kier molecular flexibility index (Phi) is 4.55. The standard InChI is InChI=1S/C28H20GeN2O4S2/c1-29(2)18-12-20(14-8-6-10-16-22(14)28(35)31(4)26(16)33)36-23(18)17-11-19(37-24(17)29)13-7-5-9-15-21(13)27(34)30(3)25(15)32/h5-12H,1-4H3. The van der Waals surface area contributed by atoms with Crippen LogP contribution in [0.1, 0.15) is 41.4 Å². The number of amides is 4. The predicted octanol–water partition coefficient (Wildman–Crippen LogP) is 4.40. The molecule has 37 heavy (non-hydrogen) atoms. The molecule has 6 nitrogen and oxygen atoms in total. The Morgan fingerprint density at radius 3 is 1.65 bits per heavy atom. The molecule has 0 radical (unpaired) electrons. The van der Waals surface area contributed by atoms with Gasteiger partial charge in [-0.3, -0.25) is 0 Å². The van der Waals surface area contributed by atoms with Gasteiger partial charge in [0.25, 0.3) is 0 Å². The Balaban J connectivity index is 1.38. The van der Waals surface area contributed by atoms with E-state index in [2.05, 4.69) is 23.6 Å². The van der Waals surface area contributed by atoms with Crippen LogP contribution < -0.4 is 8.11 Å². The molecule has 9 heteroatoms. The fraction of sp³-hybridized carbons (Fsp3) is 0.143. The number of hydrogen-bond donors (Lipinski definition) is 0. The zero-order chi connectivity index (χ0) is 26.0. The van der Waals surface area contributed by atoms with E-state index in [1.807, 2.05) is 24.3 Å². The van der Waals surface area contributed by atoms with Crippen molar-refractivity contribution in [1.29, 1.82) is 0 Å². The summed E-state index contributed by atoms with van der Waals surface area (Å²) in [6.45, 7) is 0. The topological polar surface area (TPSA) is 74.8 Å². The van der Waals surface area contributed by atoms with Crippen LogP contribution in [0.3, 0.4) is 0 Å². The van der Waals surface area contributed by atoms with Crippen molar-refractivity contribution in [2.75, 3.05) is 14.1 Å². The number of rotatable bonds is 2. The summed E-state index contributed by atoms with van der Waals surface area (Å²) >= 11 is 0.748. The molecule has 0 aliphatic carbocycles. The Labute approximate surface area is 223 Å². The molecule has 0 atom stereocenters. The van der Waals surface area contributed by atoms with E-state index in [9.17, 15) is 19.2 Å². The maximum absolute atomic E-state index is 12.9. The molecule has 0 N–H and O–H groups in total. The van der Waals surface area contributed by atoms with E-state index < -0.39 is 13.3 Å². The van der Waals surface area contributed by atoms with Gasteiger partial charge in [-0.1, -0.05) is 0 Å². The fourth-order valence-electron chi connectivity index (χ4n) is 5.68. The molecule has 0 unspecified atom stereocenters. The molecule has 182 valence electrons. The second-order valence-electron chi connectivity index (χ2n) is 10.1. The maximum atomic E-state index is 12.9. The van der Waals surface area contributed by atoms with Gasteiger partial charge < -0.3 is 0 Å². The van der Waals surface area contributed by atoms with Gasteiger partial charge in [0, 0.05) is 0 Å². The molecule has 2 aromatic heterocycles. The Morgan fingerprint density at radius 2 is 1.11 bits per heavy atom. The van der Waals surface area contributed by atoms with Gasteiger partial charge in [0.2, 0.25) is 0 Å². The number of benzene rings is 2. The molecule has 4 aromatic rings. The molecule has 2 aromatic carbocycles. The van der Waals surface area contributed by atoms with E-state index in [0.29, 0.717) is 22.3 Å². The molecule has 7 rings (SSSR count). The van der Waals surface area contributed by atoms with E-state index in [4.69, 9.17) is 0 Å². The minimum absolute atomic E-state index is 0.258. The van der Waals surface area contributed by atoms with Crippen LogP contribution in [0.5, 0.6) is 0 Å². The summed E-state index contributed by atoms with van der Waals surface area (Å²) in [5.41, 5.74) is 4.71. The first-order valence-electron chi connectivity index (χ1n) is 11.8. The molecule has 0 saturated heterocycles. The summed E-state index contributed by atoms with van der Waals surface area (Å²) in [4.78, 5) is 56.5.